The van der Waals surface area contributed by atoms with Crippen molar-refractivity contribution in [2.24, 2.45) is 0 Å². The van der Waals surface area contributed by atoms with Crippen molar-refractivity contribution in [2.45, 2.75) is 0 Å². The van der Waals surface area contributed by atoms with Crippen LogP contribution in [0.3, 0.4) is 0 Å². The summed E-state index contributed by atoms with van der Waals surface area (Å²) in [7, 11) is 3.99. The minimum absolute atomic E-state index is 0.188. The van der Waals surface area contributed by atoms with Gasteiger partial charge in [0.2, 0.25) is 0 Å². The van der Waals surface area contributed by atoms with Crippen molar-refractivity contribution in [3.63, 3.8) is 0 Å². The van der Waals surface area contributed by atoms with Crippen molar-refractivity contribution < 1.29 is 9.21 Å². The number of para-hydroxylation sites is 1. The van der Waals surface area contributed by atoms with Gasteiger partial charge in [0, 0.05) is 29.1 Å². The normalized spacial score (nSPS) is 11.5. The molecule has 0 spiro atoms. The lowest BCUT2D eigenvalue weighted by molar-refractivity contribution is 0.103. The van der Waals surface area contributed by atoms with Crippen LogP contribution < -0.4 is 5.63 Å². The first-order valence-corrected chi connectivity index (χ1v) is 8.03. The molecule has 4 nitrogen and oxygen atoms in total. The van der Waals surface area contributed by atoms with Crippen LogP contribution in [0.15, 0.2) is 69.9 Å². The van der Waals surface area contributed by atoms with Gasteiger partial charge in [-0.3, -0.25) is 4.79 Å². The first-order chi connectivity index (χ1) is 12.0. The minimum Gasteiger partial charge on any atom is -0.423 e. The van der Waals surface area contributed by atoms with E-state index >= 15 is 0 Å². The molecule has 1 heterocycles. The third-order valence-electron chi connectivity index (χ3n) is 3.82. The maximum Gasteiger partial charge on any atom is 0.336 e. The van der Waals surface area contributed by atoms with Gasteiger partial charge in [-0.25, -0.2) is 4.79 Å². The standard InChI is InChI=1S/C21H19NO3/c1-22(2)12-6-8-15-7-5-9-16(13-15)21(24)18-14-20(23)25-19-11-4-3-10-17(18)19/h3-11,13-14H,12H2,1-2H3/b8-6+. The van der Waals surface area contributed by atoms with E-state index in [0.29, 0.717) is 22.1 Å². The number of nitrogens with zero attached hydrogens (tertiary/aromatic N) is 1. The van der Waals surface area contributed by atoms with Crippen LogP contribution in [0.4, 0.5) is 0 Å². The molecule has 4 heteroatoms. The molecule has 0 fully saturated rings. The molecule has 25 heavy (non-hydrogen) atoms. The van der Waals surface area contributed by atoms with E-state index in [-0.39, 0.29) is 5.78 Å². The molecule has 0 saturated carbocycles. The predicted molar refractivity (Wildman–Crippen MR) is 99.9 cm³/mol. The maximum atomic E-state index is 12.9. The number of hydrogen-bond acceptors (Lipinski definition) is 4. The summed E-state index contributed by atoms with van der Waals surface area (Å²) < 4.78 is 5.16. The van der Waals surface area contributed by atoms with Crippen molar-refractivity contribution in [3.8, 4) is 0 Å². The Hall–Kier alpha value is -2.98. The average Bonchev–Trinajstić information content (AvgIpc) is 2.60. The van der Waals surface area contributed by atoms with Crippen LogP contribution in [-0.2, 0) is 0 Å². The van der Waals surface area contributed by atoms with Gasteiger partial charge in [-0.15, -0.1) is 0 Å². The van der Waals surface area contributed by atoms with E-state index in [1.54, 1.807) is 24.3 Å². The molecule has 0 saturated heterocycles. The molecule has 3 aromatic rings. The Morgan fingerprint density at radius 2 is 1.88 bits per heavy atom. The summed E-state index contributed by atoms with van der Waals surface area (Å²) in [4.78, 5) is 26.8. The molecule has 126 valence electrons. The maximum absolute atomic E-state index is 12.9. The van der Waals surface area contributed by atoms with Gasteiger partial charge in [0.15, 0.2) is 5.78 Å². The highest BCUT2D eigenvalue weighted by Crippen LogP contribution is 2.20. The fraction of sp³-hybridized carbons (Fsp3) is 0.143. The van der Waals surface area contributed by atoms with Crippen LogP contribution in [0.25, 0.3) is 17.0 Å². The van der Waals surface area contributed by atoms with Gasteiger partial charge in [-0.05, 0) is 31.8 Å². The lowest BCUT2D eigenvalue weighted by Gasteiger charge is -2.06. The summed E-state index contributed by atoms with van der Waals surface area (Å²) in [5, 5.41) is 0.639. The van der Waals surface area contributed by atoms with E-state index in [1.807, 2.05) is 50.5 Å². The number of fused-ring (bicyclic) bond motifs is 1. The monoisotopic (exact) mass is 333 g/mol. The summed E-state index contributed by atoms with van der Waals surface area (Å²) in [5.41, 5.74) is 1.74. The molecule has 0 N–H and O–H groups in total. The van der Waals surface area contributed by atoms with Gasteiger partial charge in [-0.2, -0.15) is 0 Å². The topological polar surface area (TPSA) is 50.5 Å². The van der Waals surface area contributed by atoms with E-state index in [2.05, 4.69) is 4.90 Å². The Morgan fingerprint density at radius 1 is 1.08 bits per heavy atom. The molecule has 0 aliphatic heterocycles. The Morgan fingerprint density at radius 3 is 2.68 bits per heavy atom. The number of likely N-dealkylation sites (N-methyl/N-ethyl adjacent to an activating group) is 1. The summed E-state index contributed by atoms with van der Waals surface area (Å²) in [6.45, 7) is 0.822. The molecule has 2 aromatic carbocycles. The molecule has 0 aliphatic carbocycles. The lowest BCUT2D eigenvalue weighted by atomic mass is 9.99. The summed E-state index contributed by atoms with van der Waals surface area (Å²) >= 11 is 0. The Labute approximate surface area is 146 Å². The zero-order valence-corrected chi connectivity index (χ0v) is 14.2. The van der Waals surface area contributed by atoms with Gasteiger partial charge in [0.1, 0.15) is 5.58 Å². The Kier molecular flexibility index (Phi) is 4.91. The number of hydrogen-bond donors (Lipinski definition) is 0. The third-order valence-corrected chi connectivity index (χ3v) is 3.82. The van der Waals surface area contributed by atoms with Crippen LogP contribution in [0, 0.1) is 0 Å². The van der Waals surface area contributed by atoms with Gasteiger partial charge in [0.05, 0.1) is 0 Å². The highest BCUT2D eigenvalue weighted by molar-refractivity contribution is 6.15. The fourth-order valence-electron chi connectivity index (χ4n) is 2.64. The summed E-state index contributed by atoms with van der Waals surface area (Å²) in [6.07, 6.45) is 4.02. The summed E-state index contributed by atoms with van der Waals surface area (Å²) in [5.74, 6) is -0.188. The minimum atomic E-state index is -0.524. The molecular formula is C21H19NO3. The van der Waals surface area contributed by atoms with E-state index in [4.69, 9.17) is 4.42 Å². The number of carbonyl (C=O) groups excluding carboxylic acids is 1. The zero-order valence-electron chi connectivity index (χ0n) is 14.2. The van der Waals surface area contributed by atoms with Crippen LogP contribution in [-0.4, -0.2) is 31.3 Å². The van der Waals surface area contributed by atoms with E-state index in [1.165, 1.54) is 6.07 Å². The average molecular weight is 333 g/mol. The Bertz CT molecular complexity index is 999. The number of carbonyl (C=O) groups is 1. The van der Waals surface area contributed by atoms with Gasteiger partial charge >= 0.3 is 5.63 Å². The molecule has 0 aliphatic rings. The molecule has 1 aromatic heterocycles. The molecule has 0 bridgehead atoms. The second kappa shape index (κ2) is 7.28. The quantitative estimate of drug-likeness (QED) is 0.529. The largest absolute Gasteiger partial charge is 0.423 e. The van der Waals surface area contributed by atoms with Crippen molar-refractivity contribution in [1.82, 2.24) is 4.90 Å². The molecule has 0 unspecified atom stereocenters. The van der Waals surface area contributed by atoms with E-state index in [9.17, 15) is 9.59 Å². The molecule has 0 amide bonds. The van der Waals surface area contributed by atoms with Crippen LogP contribution in [0.5, 0.6) is 0 Å². The fourth-order valence-corrected chi connectivity index (χ4v) is 2.64. The highest BCUT2D eigenvalue weighted by Gasteiger charge is 2.15. The smallest absolute Gasteiger partial charge is 0.336 e. The second-order valence-corrected chi connectivity index (χ2v) is 6.09. The second-order valence-electron chi connectivity index (χ2n) is 6.09. The highest BCUT2D eigenvalue weighted by atomic mass is 16.4. The van der Waals surface area contributed by atoms with Gasteiger partial charge in [-0.1, -0.05) is 48.6 Å². The number of ketones is 1. The molecule has 0 atom stereocenters. The SMILES string of the molecule is CN(C)C/C=C/c1cccc(C(=O)c2cc(=O)oc3ccccc23)c1. The van der Waals surface area contributed by atoms with E-state index < -0.39 is 5.63 Å². The van der Waals surface area contributed by atoms with Gasteiger partial charge in [0.25, 0.3) is 0 Å². The molecular weight excluding hydrogens is 314 g/mol. The van der Waals surface area contributed by atoms with Gasteiger partial charge < -0.3 is 9.32 Å². The van der Waals surface area contributed by atoms with Crippen LogP contribution in [0.2, 0.25) is 0 Å². The summed E-state index contributed by atoms with van der Waals surface area (Å²) in [6, 6.07) is 15.7. The lowest BCUT2D eigenvalue weighted by Crippen LogP contribution is -2.10. The number of rotatable bonds is 5. The van der Waals surface area contributed by atoms with Crippen molar-refractivity contribution in [2.75, 3.05) is 20.6 Å². The third kappa shape index (κ3) is 3.92. The van der Waals surface area contributed by atoms with Crippen molar-refractivity contribution >= 4 is 22.8 Å². The van der Waals surface area contributed by atoms with Crippen molar-refractivity contribution in [3.05, 3.63) is 87.8 Å². The van der Waals surface area contributed by atoms with E-state index in [0.717, 1.165) is 12.1 Å². The predicted octanol–water partition coefficient (Wildman–Crippen LogP) is 3.60. The first kappa shape index (κ1) is 16.9. The van der Waals surface area contributed by atoms with Crippen LogP contribution in [0.1, 0.15) is 21.5 Å². The van der Waals surface area contributed by atoms with Crippen molar-refractivity contribution in [1.29, 1.82) is 0 Å². The number of benzene rings is 2. The first-order valence-electron chi connectivity index (χ1n) is 8.03. The molecule has 0 radical (unpaired) electrons. The zero-order chi connectivity index (χ0) is 17.8. The molecule has 3 rings (SSSR count). The Balaban J connectivity index is 1.99. The van der Waals surface area contributed by atoms with Crippen LogP contribution >= 0.6 is 0 Å².